The molecule has 7 nitrogen and oxygen atoms in total. The lowest BCUT2D eigenvalue weighted by atomic mass is 9.97. The molecule has 20 heavy (non-hydrogen) atoms. The van der Waals surface area contributed by atoms with Crippen LogP contribution in [0.15, 0.2) is 0 Å². The van der Waals surface area contributed by atoms with E-state index >= 15 is 0 Å². The molecule has 0 aromatic heterocycles. The molecule has 0 spiro atoms. The lowest BCUT2D eigenvalue weighted by Gasteiger charge is -2.35. The van der Waals surface area contributed by atoms with Crippen molar-refractivity contribution in [3.63, 3.8) is 0 Å². The number of rotatable bonds is 3. The highest BCUT2D eigenvalue weighted by Crippen LogP contribution is 2.12. The number of hydrogen-bond acceptors (Lipinski definition) is 3. The summed E-state index contributed by atoms with van der Waals surface area (Å²) < 4.78 is 26.5. The zero-order chi connectivity index (χ0) is 15.6. The minimum absolute atomic E-state index is 0.0335. The molecule has 1 aliphatic heterocycles. The number of nitrogens with zero attached hydrogens (tertiary/aromatic N) is 3. The maximum absolute atomic E-state index is 12.0. The molecule has 0 aliphatic carbocycles. The standard InChI is InChI=1S/C12H26N4O3S/c1-12(2,3)10-13-11(17)15-6-8-16(9-7-15)20(18,19)14(4)5/h6-10H2,1-5H3,(H,13,17). The van der Waals surface area contributed by atoms with Gasteiger partial charge in [-0.1, -0.05) is 20.8 Å². The Kier molecular flexibility index (Phi) is 5.39. The van der Waals surface area contributed by atoms with Crippen LogP contribution in [0.3, 0.4) is 0 Å². The summed E-state index contributed by atoms with van der Waals surface area (Å²) in [4.78, 5) is 13.6. The summed E-state index contributed by atoms with van der Waals surface area (Å²) in [5, 5.41) is 2.88. The number of urea groups is 1. The predicted octanol–water partition coefficient (Wildman–Crippen LogP) is 0.166. The van der Waals surface area contributed by atoms with Gasteiger partial charge in [0.15, 0.2) is 0 Å². The highest BCUT2D eigenvalue weighted by molar-refractivity contribution is 7.86. The third-order valence-corrected chi connectivity index (χ3v) is 5.02. The second-order valence-corrected chi connectivity index (χ2v) is 8.54. The van der Waals surface area contributed by atoms with E-state index in [2.05, 4.69) is 26.1 Å². The summed E-state index contributed by atoms with van der Waals surface area (Å²) in [6.07, 6.45) is 0. The molecule has 0 unspecified atom stereocenters. The van der Waals surface area contributed by atoms with Crippen LogP contribution in [0.1, 0.15) is 20.8 Å². The van der Waals surface area contributed by atoms with E-state index in [1.807, 2.05) is 0 Å². The van der Waals surface area contributed by atoms with E-state index in [1.165, 1.54) is 22.7 Å². The fourth-order valence-corrected chi connectivity index (χ4v) is 2.89. The van der Waals surface area contributed by atoms with Gasteiger partial charge in [0.05, 0.1) is 0 Å². The molecule has 0 aromatic rings. The topological polar surface area (TPSA) is 73.0 Å². The van der Waals surface area contributed by atoms with Crippen molar-refractivity contribution in [2.45, 2.75) is 20.8 Å². The van der Waals surface area contributed by atoms with E-state index in [0.717, 1.165) is 0 Å². The predicted molar refractivity (Wildman–Crippen MR) is 78.6 cm³/mol. The molecule has 0 saturated carbocycles. The zero-order valence-corrected chi connectivity index (χ0v) is 13.8. The summed E-state index contributed by atoms with van der Waals surface area (Å²) in [7, 11) is -0.353. The van der Waals surface area contributed by atoms with Crippen LogP contribution in [-0.4, -0.2) is 74.8 Å². The van der Waals surface area contributed by atoms with Crippen molar-refractivity contribution in [2.75, 3.05) is 46.8 Å². The molecule has 0 aromatic carbocycles. The van der Waals surface area contributed by atoms with Gasteiger partial charge in [-0.05, 0) is 5.41 Å². The van der Waals surface area contributed by atoms with E-state index in [1.54, 1.807) is 4.90 Å². The Morgan fingerprint density at radius 3 is 2.05 bits per heavy atom. The lowest BCUT2D eigenvalue weighted by molar-refractivity contribution is 0.167. The quantitative estimate of drug-likeness (QED) is 0.807. The number of amides is 2. The van der Waals surface area contributed by atoms with Crippen molar-refractivity contribution in [3.05, 3.63) is 0 Å². The number of hydrogen-bond donors (Lipinski definition) is 1. The van der Waals surface area contributed by atoms with Crippen molar-refractivity contribution < 1.29 is 13.2 Å². The minimum Gasteiger partial charge on any atom is -0.337 e. The fraction of sp³-hybridized carbons (Fsp3) is 0.917. The van der Waals surface area contributed by atoms with Crippen molar-refractivity contribution in [1.29, 1.82) is 0 Å². The van der Waals surface area contributed by atoms with Gasteiger partial charge in [-0.2, -0.15) is 17.0 Å². The summed E-state index contributed by atoms with van der Waals surface area (Å²) in [5.74, 6) is 0. The van der Waals surface area contributed by atoms with Crippen LogP contribution in [-0.2, 0) is 10.2 Å². The van der Waals surface area contributed by atoms with Crippen molar-refractivity contribution >= 4 is 16.2 Å². The molecule has 118 valence electrons. The van der Waals surface area contributed by atoms with E-state index in [-0.39, 0.29) is 11.4 Å². The minimum atomic E-state index is -3.38. The second-order valence-electron chi connectivity index (χ2n) is 6.40. The van der Waals surface area contributed by atoms with Gasteiger partial charge in [0, 0.05) is 46.8 Å². The number of carbonyl (C=O) groups excluding carboxylic acids is 1. The van der Waals surface area contributed by atoms with Crippen LogP contribution < -0.4 is 5.32 Å². The number of piperazine rings is 1. The molecule has 1 fully saturated rings. The Balaban J connectivity index is 2.49. The van der Waals surface area contributed by atoms with Gasteiger partial charge in [-0.3, -0.25) is 0 Å². The first-order valence-corrected chi connectivity index (χ1v) is 8.14. The Labute approximate surface area is 122 Å². The Morgan fingerprint density at radius 2 is 1.65 bits per heavy atom. The molecule has 0 radical (unpaired) electrons. The molecule has 1 rings (SSSR count). The highest BCUT2D eigenvalue weighted by atomic mass is 32.2. The van der Waals surface area contributed by atoms with Gasteiger partial charge in [-0.15, -0.1) is 0 Å². The lowest BCUT2D eigenvalue weighted by Crippen LogP contribution is -2.55. The van der Waals surface area contributed by atoms with Gasteiger partial charge in [-0.25, -0.2) is 4.79 Å². The molecule has 1 saturated heterocycles. The van der Waals surface area contributed by atoms with E-state index in [9.17, 15) is 13.2 Å². The summed E-state index contributed by atoms with van der Waals surface area (Å²) in [6.45, 7) is 8.26. The van der Waals surface area contributed by atoms with E-state index < -0.39 is 10.2 Å². The SMILES string of the molecule is CN(C)S(=O)(=O)N1CCN(C(=O)NCC(C)(C)C)CC1. The van der Waals surface area contributed by atoms with Crippen LogP contribution >= 0.6 is 0 Å². The Morgan fingerprint density at radius 1 is 1.15 bits per heavy atom. The first-order valence-electron chi connectivity index (χ1n) is 6.74. The molecule has 0 atom stereocenters. The Bertz CT molecular complexity index is 434. The first kappa shape index (κ1) is 17.2. The molecule has 8 heteroatoms. The van der Waals surface area contributed by atoms with E-state index in [4.69, 9.17) is 0 Å². The number of carbonyl (C=O) groups is 1. The molecule has 1 heterocycles. The first-order chi connectivity index (χ1) is 9.04. The van der Waals surface area contributed by atoms with E-state index in [0.29, 0.717) is 32.7 Å². The third kappa shape index (κ3) is 4.60. The van der Waals surface area contributed by atoms with Gasteiger partial charge < -0.3 is 10.2 Å². The fourth-order valence-electron chi connectivity index (χ4n) is 1.81. The third-order valence-electron chi connectivity index (χ3n) is 3.08. The maximum atomic E-state index is 12.0. The Hall–Kier alpha value is -0.860. The van der Waals surface area contributed by atoms with Gasteiger partial charge in [0.2, 0.25) is 0 Å². The van der Waals surface area contributed by atoms with Crippen molar-refractivity contribution in [2.24, 2.45) is 5.41 Å². The van der Waals surface area contributed by atoms with Crippen LogP contribution in [0.5, 0.6) is 0 Å². The van der Waals surface area contributed by atoms with Crippen LogP contribution in [0.4, 0.5) is 4.79 Å². The van der Waals surface area contributed by atoms with Gasteiger partial charge >= 0.3 is 6.03 Å². The average molecular weight is 306 g/mol. The molecular weight excluding hydrogens is 280 g/mol. The summed E-state index contributed by atoms with van der Waals surface area (Å²) >= 11 is 0. The van der Waals surface area contributed by atoms with Crippen molar-refractivity contribution in [1.82, 2.24) is 18.8 Å². The molecule has 1 aliphatic rings. The van der Waals surface area contributed by atoms with Crippen molar-refractivity contribution in [3.8, 4) is 0 Å². The highest BCUT2D eigenvalue weighted by Gasteiger charge is 2.30. The summed E-state index contributed by atoms with van der Waals surface area (Å²) in [5.41, 5.74) is 0.0335. The normalized spacial score (nSPS) is 18.4. The van der Waals surface area contributed by atoms with Crippen LogP contribution in [0.25, 0.3) is 0 Å². The smallest absolute Gasteiger partial charge is 0.317 e. The average Bonchev–Trinajstić information content (AvgIpc) is 2.35. The molecule has 0 bridgehead atoms. The van der Waals surface area contributed by atoms with Gasteiger partial charge in [0.25, 0.3) is 10.2 Å². The monoisotopic (exact) mass is 306 g/mol. The maximum Gasteiger partial charge on any atom is 0.317 e. The van der Waals surface area contributed by atoms with Crippen LogP contribution in [0.2, 0.25) is 0 Å². The summed E-state index contributed by atoms with van der Waals surface area (Å²) in [6, 6.07) is -0.123. The molecule has 2 amide bonds. The van der Waals surface area contributed by atoms with Crippen LogP contribution in [0, 0.1) is 5.41 Å². The molecule has 1 N–H and O–H groups in total. The largest absolute Gasteiger partial charge is 0.337 e. The second kappa shape index (κ2) is 6.28. The zero-order valence-electron chi connectivity index (χ0n) is 13.0. The van der Waals surface area contributed by atoms with Gasteiger partial charge in [0.1, 0.15) is 0 Å². The molecular formula is C12H26N4O3S. The number of nitrogens with one attached hydrogen (secondary N) is 1.